The second-order valence-electron chi connectivity index (χ2n) is 4.09. The van der Waals surface area contributed by atoms with E-state index >= 15 is 0 Å². The molecule has 3 nitrogen and oxygen atoms in total. The fourth-order valence-electron chi connectivity index (χ4n) is 1.60. The lowest BCUT2D eigenvalue weighted by molar-refractivity contribution is -0.419. The van der Waals surface area contributed by atoms with Gasteiger partial charge in [0.2, 0.25) is 0 Å². The number of hydrogen-bond donors (Lipinski definition) is 0. The number of rotatable bonds is 4. The van der Waals surface area contributed by atoms with Gasteiger partial charge in [0.1, 0.15) is 13.6 Å². The predicted octanol–water partition coefficient (Wildman–Crippen LogP) is 5.66. The Morgan fingerprint density at radius 1 is 1.24 bits per heavy atom. The first-order chi connectivity index (χ1) is 9.99. The molecule has 0 unspecified atom stereocenters. The zero-order valence-electron chi connectivity index (χ0n) is 11.0. The maximum Gasteiger partial charge on any atom is 0.305 e. The van der Waals surface area contributed by atoms with E-state index in [2.05, 4.69) is 0 Å². The minimum absolute atomic E-state index is 0.00748. The van der Waals surface area contributed by atoms with Gasteiger partial charge in [-0.3, -0.25) is 10.1 Å². The summed E-state index contributed by atoms with van der Waals surface area (Å²) in [5, 5.41) is 11.4. The van der Waals surface area contributed by atoms with E-state index in [9.17, 15) is 10.1 Å². The van der Waals surface area contributed by atoms with E-state index < -0.39 is 4.92 Å². The molecule has 1 heterocycles. The molecule has 0 N–H and O–H groups in total. The number of benzene rings is 1. The van der Waals surface area contributed by atoms with Gasteiger partial charge >= 0.3 is 5.70 Å². The molecule has 0 bridgehead atoms. The van der Waals surface area contributed by atoms with Crippen LogP contribution in [-0.4, -0.2) is 16.4 Å². The SMILES string of the molecule is Cc1ccc(SC(=C(Cl)Cl)C(=C2SCCS2)[N+](=O)[O-])cc1. The van der Waals surface area contributed by atoms with Crippen molar-refractivity contribution >= 4 is 58.5 Å². The Balaban J connectivity index is 2.38. The molecule has 0 amide bonds. The Bertz CT molecular complexity index is 602. The third-order valence-corrected chi connectivity index (χ3v) is 6.96. The molecule has 1 fully saturated rings. The normalized spacial score (nSPS) is 14.1. The van der Waals surface area contributed by atoms with Crippen LogP contribution in [0, 0.1) is 17.0 Å². The van der Waals surface area contributed by atoms with Gasteiger partial charge in [-0.2, -0.15) is 0 Å². The van der Waals surface area contributed by atoms with Crippen LogP contribution in [0.1, 0.15) is 5.56 Å². The van der Waals surface area contributed by atoms with Crippen molar-refractivity contribution in [3.05, 3.63) is 59.3 Å². The Morgan fingerprint density at radius 3 is 2.29 bits per heavy atom. The standard InChI is InChI=1S/C13H11Cl2NO2S3/c1-8-2-4-9(5-3-8)21-11(12(14)15)10(16(17)18)13-19-6-7-20-13/h2-5H,6-7H2,1H3. The highest BCUT2D eigenvalue weighted by Crippen LogP contribution is 2.46. The maximum atomic E-state index is 11.4. The summed E-state index contributed by atoms with van der Waals surface area (Å²) in [5.41, 5.74) is 1.13. The summed E-state index contributed by atoms with van der Waals surface area (Å²) in [6.07, 6.45) is 0. The molecule has 1 aromatic rings. The van der Waals surface area contributed by atoms with E-state index in [0.29, 0.717) is 9.14 Å². The van der Waals surface area contributed by atoms with Gasteiger partial charge in [0.05, 0.1) is 4.92 Å². The lowest BCUT2D eigenvalue weighted by atomic mass is 10.2. The van der Waals surface area contributed by atoms with Crippen molar-refractivity contribution in [2.45, 2.75) is 11.8 Å². The largest absolute Gasteiger partial charge is 0.305 e. The van der Waals surface area contributed by atoms with Gasteiger partial charge in [0.25, 0.3) is 0 Å². The third kappa shape index (κ3) is 4.60. The van der Waals surface area contributed by atoms with Gasteiger partial charge < -0.3 is 0 Å². The summed E-state index contributed by atoms with van der Waals surface area (Å²) < 4.78 is 0.598. The molecule has 1 saturated heterocycles. The topological polar surface area (TPSA) is 43.1 Å². The van der Waals surface area contributed by atoms with Gasteiger partial charge in [-0.25, -0.2) is 0 Å². The minimum atomic E-state index is -0.401. The second kappa shape index (κ2) is 7.83. The lowest BCUT2D eigenvalue weighted by Crippen LogP contribution is -2.02. The summed E-state index contributed by atoms with van der Waals surface area (Å²) in [6, 6.07) is 7.68. The lowest BCUT2D eigenvalue weighted by Gasteiger charge is -2.07. The van der Waals surface area contributed by atoms with Crippen LogP contribution in [0.5, 0.6) is 0 Å². The smallest absolute Gasteiger partial charge is 0.258 e. The summed E-state index contributed by atoms with van der Waals surface area (Å²) in [6.45, 7) is 1.98. The molecule has 0 spiro atoms. The van der Waals surface area contributed by atoms with Crippen LogP contribution in [0.2, 0.25) is 0 Å². The van der Waals surface area contributed by atoms with Crippen molar-refractivity contribution in [2.24, 2.45) is 0 Å². The molecular weight excluding hydrogens is 369 g/mol. The number of nitro groups is 1. The van der Waals surface area contributed by atoms with Crippen molar-refractivity contribution in [1.29, 1.82) is 0 Å². The fourth-order valence-corrected chi connectivity index (χ4v) is 5.49. The molecule has 1 aliphatic heterocycles. The van der Waals surface area contributed by atoms with Gasteiger partial charge in [0.15, 0.2) is 0 Å². The fraction of sp³-hybridized carbons (Fsp3) is 0.231. The van der Waals surface area contributed by atoms with Gasteiger partial charge in [-0.1, -0.05) is 52.7 Å². The van der Waals surface area contributed by atoms with E-state index in [4.69, 9.17) is 23.2 Å². The Kier molecular flexibility index (Phi) is 6.37. The monoisotopic (exact) mass is 379 g/mol. The minimum Gasteiger partial charge on any atom is -0.258 e. The van der Waals surface area contributed by atoms with Crippen LogP contribution >= 0.6 is 58.5 Å². The predicted molar refractivity (Wildman–Crippen MR) is 94.7 cm³/mol. The van der Waals surface area contributed by atoms with Crippen molar-refractivity contribution in [3.8, 4) is 0 Å². The van der Waals surface area contributed by atoms with Crippen LogP contribution < -0.4 is 0 Å². The summed E-state index contributed by atoms with van der Waals surface area (Å²) >= 11 is 16.0. The highest BCUT2D eigenvalue weighted by molar-refractivity contribution is 8.25. The van der Waals surface area contributed by atoms with Crippen LogP contribution in [-0.2, 0) is 0 Å². The zero-order chi connectivity index (χ0) is 15.4. The molecule has 1 aliphatic rings. The quantitative estimate of drug-likeness (QED) is 0.383. The van der Waals surface area contributed by atoms with Gasteiger partial charge in [-0.15, -0.1) is 23.5 Å². The first kappa shape index (κ1) is 17.1. The van der Waals surface area contributed by atoms with E-state index in [-0.39, 0.29) is 10.2 Å². The maximum absolute atomic E-state index is 11.4. The zero-order valence-corrected chi connectivity index (χ0v) is 14.9. The molecule has 0 aromatic heterocycles. The Hall–Kier alpha value is -0.270. The number of thioether (sulfide) groups is 3. The molecule has 0 saturated carbocycles. The van der Waals surface area contributed by atoms with Crippen molar-refractivity contribution in [2.75, 3.05) is 11.5 Å². The summed E-state index contributed by atoms with van der Waals surface area (Å²) in [7, 11) is 0. The molecule has 2 rings (SSSR count). The number of aryl methyl sites for hydroxylation is 1. The highest BCUT2D eigenvalue weighted by Gasteiger charge is 2.30. The van der Waals surface area contributed by atoms with Crippen molar-refractivity contribution in [1.82, 2.24) is 0 Å². The highest BCUT2D eigenvalue weighted by atomic mass is 35.5. The van der Waals surface area contributed by atoms with E-state index in [1.165, 1.54) is 35.3 Å². The number of halogens is 2. The number of hydrogen-bond acceptors (Lipinski definition) is 5. The molecule has 8 heteroatoms. The van der Waals surface area contributed by atoms with Crippen LogP contribution in [0.3, 0.4) is 0 Å². The third-order valence-electron chi connectivity index (χ3n) is 2.55. The summed E-state index contributed by atoms with van der Waals surface area (Å²) in [5.74, 6) is 1.72. The van der Waals surface area contributed by atoms with Gasteiger partial charge in [0, 0.05) is 16.4 Å². The molecule has 112 valence electrons. The first-order valence-electron chi connectivity index (χ1n) is 5.93. The molecular formula is C13H11Cl2NO2S3. The van der Waals surface area contributed by atoms with Crippen LogP contribution in [0.15, 0.2) is 48.5 Å². The molecule has 0 atom stereocenters. The Labute approximate surface area is 145 Å². The van der Waals surface area contributed by atoms with Crippen LogP contribution in [0.4, 0.5) is 0 Å². The molecule has 1 aromatic carbocycles. The first-order valence-corrected chi connectivity index (χ1v) is 9.48. The van der Waals surface area contributed by atoms with Gasteiger partial charge in [-0.05, 0) is 19.1 Å². The van der Waals surface area contributed by atoms with Crippen molar-refractivity contribution in [3.63, 3.8) is 0 Å². The van der Waals surface area contributed by atoms with Crippen molar-refractivity contribution < 1.29 is 4.92 Å². The van der Waals surface area contributed by atoms with E-state index in [0.717, 1.165) is 22.0 Å². The average Bonchev–Trinajstić information content (AvgIpc) is 2.93. The van der Waals surface area contributed by atoms with Crippen LogP contribution in [0.25, 0.3) is 0 Å². The number of nitrogens with zero attached hydrogens (tertiary/aromatic N) is 1. The summed E-state index contributed by atoms with van der Waals surface area (Å²) in [4.78, 5) is 12.2. The molecule has 0 radical (unpaired) electrons. The average molecular weight is 380 g/mol. The van der Waals surface area contributed by atoms with E-state index in [1.54, 1.807) is 0 Å². The molecule has 0 aliphatic carbocycles. The molecule has 21 heavy (non-hydrogen) atoms. The Morgan fingerprint density at radius 2 is 1.81 bits per heavy atom. The second-order valence-corrected chi connectivity index (χ2v) is 8.60. The van der Waals surface area contributed by atoms with E-state index in [1.807, 2.05) is 31.2 Å².